The molecule has 0 atom stereocenters. The quantitative estimate of drug-likeness (QED) is 0.437. The highest BCUT2D eigenvalue weighted by Gasteiger charge is 2.13. The molecule has 0 spiro atoms. The largest absolute Gasteiger partial charge is 0.432 e. The van der Waals surface area contributed by atoms with Crippen molar-refractivity contribution in [2.75, 3.05) is 13.2 Å². The van der Waals surface area contributed by atoms with Crippen LogP contribution in [-0.2, 0) is 13.6 Å². The molecule has 0 aliphatic rings. The average molecular weight is 234 g/mol. The van der Waals surface area contributed by atoms with Gasteiger partial charge >= 0.3 is 8.60 Å². The van der Waals surface area contributed by atoms with Crippen LogP contribution in [0.3, 0.4) is 0 Å². The van der Waals surface area contributed by atoms with Crippen LogP contribution in [0.5, 0.6) is 0 Å². The topological polar surface area (TPSA) is 27.7 Å². The summed E-state index contributed by atoms with van der Waals surface area (Å²) in [5.74, 6) is 0.994. The Labute approximate surface area is 94.8 Å². The van der Waals surface area contributed by atoms with E-state index >= 15 is 0 Å². The molecule has 0 bridgehead atoms. The highest BCUT2D eigenvalue weighted by molar-refractivity contribution is 7.41. The Hall–Kier alpha value is -0.110. The van der Waals surface area contributed by atoms with Crippen molar-refractivity contribution in [1.82, 2.24) is 0 Å². The molecule has 0 aliphatic heterocycles. The molecule has 0 unspecified atom stereocenters. The molecule has 0 heterocycles. The molecule has 0 fully saturated rings. The Balaban J connectivity index is 4.12. The maximum absolute atomic E-state index is 5.69. The van der Waals surface area contributed by atoms with Crippen LogP contribution in [0.25, 0.3) is 0 Å². The summed E-state index contributed by atoms with van der Waals surface area (Å²) in [4.78, 5) is 0. The minimum absolute atomic E-state index is 0.622. The van der Waals surface area contributed by atoms with E-state index in [0.29, 0.717) is 13.2 Å². The average Bonchev–Trinajstić information content (AvgIpc) is 2.19. The molecule has 15 heavy (non-hydrogen) atoms. The van der Waals surface area contributed by atoms with E-state index in [9.17, 15) is 0 Å². The Morgan fingerprint density at radius 1 is 1.07 bits per heavy atom. The van der Waals surface area contributed by atoms with Gasteiger partial charge in [-0.05, 0) is 32.8 Å². The van der Waals surface area contributed by atoms with Gasteiger partial charge in [0.25, 0.3) is 0 Å². The molecule has 3 nitrogen and oxygen atoms in total. The van der Waals surface area contributed by atoms with E-state index in [1.807, 2.05) is 13.8 Å². The number of allylic oxidation sites excluding steroid dienone is 2. The normalized spacial score (nSPS) is 12.2. The predicted molar refractivity (Wildman–Crippen MR) is 64.5 cm³/mol. The van der Waals surface area contributed by atoms with Gasteiger partial charge in [0.05, 0.1) is 13.2 Å². The van der Waals surface area contributed by atoms with Crippen molar-refractivity contribution in [3.63, 3.8) is 0 Å². The lowest BCUT2D eigenvalue weighted by atomic mass is 10.2. The van der Waals surface area contributed by atoms with Gasteiger partial charge in [-0.25, -0.2) is 0 Å². The third kappa shape index (κ3) is 7.78. The molecule has 0 saturated heterocycles. The van der Waals surface area contributed by atoms with Crippen molar-refractivity contribution in [3.05, 3.63) is 11.8 Å². The summed E-state index contributed by atoms with van der Waals surface area (Å²) >= 11 is 0. The van der Waals surface area contributed by atoms with E-state index < -0.39 is 8.60 Å². The fourth-order valence-corrected chi connectivity index (χ4v) is 2.01. The van der Waals surface area contributed by atoms with Gasteiger partial charge in [-0.15, -0.1) is 0 Å². The van der Waals surface area contributed by atoms with Crippen molar-refractivity contribution >= 4 is 8.60 Å². The molecule has 0 rings (SSSR count). The van der Waals surface area contributed by atoms with E-state index in [-0.39, 0.29) is 0 Å². The fourth-order valence-electron chi connectivity index (χ4n) is 1.06. The Bertz CT molecular complexity index is 165. The monoisotopic (exact) mass is 234 g/mol. The summed E-state index contributed by atoms with van der Waals surface area (Å²) in [5, 5.41) is 0. The van der Waals surface area contributed by atoms with Gasteiger partial charge < -0.3 is 13.6 Å². The first-order valence-electron chi connectivity index (χ1n) is 5.71. The van der Waals surface area contributed by atoms with Crippen LogP contribution in [0.2, 0.25) is 0 Å². The van der Waals surface area contributed by atoms with Crippen molar-refractivity contribution < 1.29 is 13.6 Å². The first kappa shape index (κ1) is 14.9. The second kappa shape index (κ2) is 10.4. The van der Waals surface area contributed by atoms with Crippen LogP contribution in [0.15, 0.2) is 11.8 Å². The van der Waals surface area contributed by atoms with Gasteiger partial charge in [0.15, 0.2) is 0 Å². The van der Waals surface area contributed by atoms with E-state index in [1.165, 1.54) is 0 Å². The summed E-state index contributed by atoms with van der Waals surface area (Å²) in [6.45, 7) is 9.37. The molecule has 0 aromatic carbocycles. The molecule has 0 radical (unpaired) electrons. The van der Waals surface area contributed by atoms with Gasteiger partial charge in [-0.3, -0.25) is 0 Å². The molecule has 0 saturated carbocycles. The SMILES string of the molecule is CC/C=C(/CCC)OP(OCC)OCC. The van der Waals surface area contributed by atoms with Crippen molar-refractivity contribution in [3.8, 4) is 0 Å². The van der Waals surface area contributed by atoms with E-state index in [4.69, 9.17) is 13.6 Å². The zero-order chi connectivity index (χ0) is 11.5. The number of rotatable bonds is 9. The molecule has 0 aromatic heterocycles. The van der Waals surface area contributed by atoms with Crippen molar-refractivity contribution in [1.29, 1.82) is 0 Å². The molecule has 4 heteroatoms. The standard InChI is InChI=1S/C11H23O3P/c1-5-9-11(10-6-2)14-15(12-7-3)13-8-4/h9H,5-8,10H2,1-4H3/b11-9-. The van der Waals surface area contributed by atoms with Crippen molar-refractivity contribution in [2.24, 2.45) is 0 Å². The zero-order valence-corrected chi connectivity index (χ0v) is 11.2. The van der Waals surface area contributed by atoms with Crippen LogP contribution in [0, 0.1) is 0 Å². The molecular weight excluding hydrogens is 211 g/mol. The highest BCUT2D eigenvalue weighted by Crippen LogP contribution is 2.42. The summed E-state index contributed by atoms with van der Waals surface area (Å²) in [5.41, 5.74) is 0. The van der Waals surface area contributed by atoms with Gasteiger partial charge in [0.1, 0.15) is 5.76 Å². The lowest BCUT2D eigenvalue weighted by Gasteiger charge is -2.17. The Kier molecular flexibility index (Phi) is 10.3. The highest BCUT2D eigenvalue weighted by atomic mass is 31.2. The Morgan fingerprint density at radius 3 is 2.07 bits per heavy atom. The van der Waals surface area contributed by atoms with E-state index in [1.54, 1.807) is 0 Å². The lowest BCUT2D eigenvalue weighted by Crippen LogP contribution is -1.96. The minimum Gasteiger partial charge on any atom is -0.432 e. The van der Waals surface area contributed by atoms with Crippen LogP contribution in [0.4, 0.5) is 0 Å². The maximum atomic E-state index is 5.69. The van der Waals surface area contributed by atoms with Crippen LogP contribution < -0.4 is 0 Å². The molecular formula is C11H23O3P. The van der Waals surface area contributed by atoms with Gasteiger partial charge in [0.2, 0.25) is 0 Å². The first-order valence-corrected chi connectivity index (χ1v) is 6.80. The van der Waals surface area contributed by atoms with Gasteiger partial charge in [0, 0.05) is 6.42 Å². The second-order valence-corrected chi connectivity index (χ2v) is 4.13. The predicted octanol–water partition coefficient (Wildman–Crippen LogP) is 4.40. The van der Waals surface area contributed by atoms with Crippen LogP contribution >= 0.6 is 8.60 Å². The van der Waals surface area contributed by atoms with E-state index in [2.05, 4.69) is 19.9 Å². The molecule has 90 valence electrons. The minimum atomic E-state index is -1.19. The van der Waals surface area contributed by atoms with Crippen molar-refractivity contribution in [2.45, 2.75) is 47.0 Å². The fraction of sp³-hybridized carbons (Fsp3) is 0.818. The smallest absolute Gasteiger partial charge is 0.396 e. The van der Waals surface area contributed by atoms with Gasteiger partial charge in [-0.2, -0.15) is 0 Å². The third-order valence-electron chi connectivity index (χ3n) is 1.59. The summed E-state index contributed by atoms with van der Waals surface area (Å²) < 4.78 is 16.5. The lowest BCUT2D eigenvalue weighted by molar-refractivity contribution is 0.194. The Morgan fingerprint density at radius 2 is 1.67 bits per heavy atom. The maximum Gasteiger partial charge on any atom is 0.396 e. The molecule has 0 aromatic rings. The van der Waals surface area contributed by atoms with E-state index in [0.717, 1.165) is 25.0 Å². The molecule has 0 N–H and O–H groups in total. The first-order chi connectivity index (χ1) is 7.28. The molecule has 0 aliphatic carbocycles. The third-order valence-corrected chi connectivity index (χ3v) is 2.91. The summed E-state index contributed by atoms with van der Waals surface area (Å²) in [6.07, 6.45) is 5.10. The van der Waals surface area contributed by atoms with Gasteiger partial charge in [-0.1, -0.05) is 13.8 Å². The zero-order valence-electron chi connectivity index (χ0n) is 10.3. The number of hydrogen-bond acceptors (Lipinski definition) is 3. The number of hydrogen-bond donors (Lipinski definition) is 0. The summed E-state index contributed by atoms with van der Waals surface area (Å²) in [7, 11) is -1.19. The van der Waals surface area contributed by atoms with Crippen LogP contribution in [-0.4, -0.2) is 13.2 Å². The summed E-state index contributed by atoms with van der Waals surface area (Å²) in [6, 6.07) is 0. The van der Waals surface area contributed by atoms with Crippen LogP contribution in [0.1, 0.15) is 47.0 Å². The second-order valence-electron chi connectivity index (χ2n) is 2.98. The molecule has 0 amide bonds.